The summed E-state index contributed by atoms with van der Waals surface area (Å²) in [5.74, 6) is 0. The summed E-state index contributed by atoms with van der Waals surface area (Å²) in [4.78, 5) is 11.7. The molecule has 0 aliphatic heterocycles. The van der Waals surface area contributed by atoms with Gasteiger partial charge in [0.2, 0.25) is 0 Å². The van der Waals surface area contributed by atoms with Crippen LogP contribution in [-0.2, 0) is 6.54 Å². The minimum absolute atomic E-state index is 0.0185. The third kappa shape index (κ3) is 4.69. The molecule has 0 aliphatic carbocycles. The fourth-order valence-corrected chi connectivity index (χ4v) is 1.85. The zero-order valence-corrected chi connectivity index (χ0v) is 11.1. The van der Waals surface area contributed by atoms with E-state index in [1.165, 1.54) is 0 Å². The third-order valence-corrected chi connectivity index (χ3v) is 2.71. The summed E-state index contributed by atoms with van der Waals surface area (Å²) in [6.45, 7) is 7.87. The van der Waals surface area contributed by atoms with Gasteiger partial charge < -0.3 is 5.32 Å². The summed E-state index contributed by atoms with van der Waals surface area (Å²) in [7, 11) is 0. The van der Waals surface area contributed by atoms with Crippen LogP contribution in [0.25, 0.3) is 0 Å². The maximum absolute atomic E-state index is 11.7. The lowest BCUT2D eigenvalue weighted by atomic mass is 10.1. The van der Waals surface area contributed by atoms with Crippen molar-refractivity contribution in [3.63, 3.8) is 0 Å². The lowest BCUT2D eigenvalue weighted by molar-refractivity contribution is 0.391. The molecule has 0 fully saturated rings. The fourth-order valence-electron chi connectivity index (χ4n) is 1.85. The molecule has 1 aromatic heterocycles. The van der Waals surface area contributed by atoms with E-state index >= 15 is 0 Å². The molecule has 0 saturated heterocycles. The van der Waals surface area contributed by atoms with Gasteiger partial charge in [-0.3, -0.25) is 4.79 Å². The Hall–Kier alpha value is -1.16. The third-order valence-electron chi connectivity index (χ3n) is 2.71. The normalized spacial score (nSPS) is 12.6. The molecule has 4 nitrogen and oxygen atoms in total. The van der Waals surface area contributed by atoms with E-state index in [9.17, 15) is 4.79 Å². The predicted molar refractivity (Wildman–Crippen MR) is 70.2 cm³/mol. The first kappa shape index (κ1) is 13.9. The number of nitrogens with one attached hydrogen (secondary N) is 1. The Bertz CT molecular complexity index is 386. The van der Waals surface area contributed by atoms with Crippen LogP contribution in [0.4, 0.5) is 0 Å². The van der Waals surface area contributed by atoms with E-state index in [4.69, 9.17) is 0 Å². The SMILES string of the molecule is CCCNC(CCC)Cn1nc(C)ccc1=O. The summed E-state index contributed by atoms with van der Waals surface area (Å²) < 4.78 is 1.57. The molecule has 17 heavy (non-hydrogen) atoms. The highest BCUT2D eigenvalue weighted by Crippen LogP contribution is 1.99. The van der Waals surface area contributed by atoms with Gasteiger partial charge in [-0.1, -0.05) is 20.3 Å². The standard InChI is InChI=1S/C13H23N3O/c1-4-6-12(14-9-5-2)10-16-13(17)8-7-11(3)15-16/h7-8,12,14H,4-6,9-10H2,1-3H3. The molecule has 1 heterocycles. The van der Waals surface area contributed by atoms with Gasteiger partial charge in [0, 0.05) is 12.1 Å². The number of hydrogen-bond donors (Lipinski definition) is 1. The molecule has 0 bridgehead atoms. The first-order chi connectivity index (χ1) is 8.17. The first-order valence-corrected chi connectivity index (χ1v) is 6.45. The van der Waals surface area contributed by atoms with E-state index in [0.717, 1.165) is 31.5 Å². The maximum Gasteiger partial charge on any atom is 0.266 e. The van der Waals surface area contributed by atoms with Crippen LogP contribution >= 0.6 is 0 Å². The minimum Gasteiger partial charge on any atom is -0.312 e. The molecule has 0 amide bonds. The van der Waals surface area contributed by atoms with Crippen molar-refractivity contribution in [1.29, 1.82) is 0 Å². The van der Waals surface area contributed by atoms with E-state index in [-0.39, 0.29) is 5.56 Å². The van der Waals surface area contributed by atoms with Crippen LogP contribution in [0.1, 0.15) is 38.8 Å². The predicted octanol–water partition coefficient (Wildman–Crippen LogP) is 1.72. The van der Waals surface area contributed by atoms with E-state index in [1.54, 1.807) is 16.8 Å². The summed E-state index contributed by atoms with van der Waals surface area (Å²) in [6, 6.07) is 3.69. The molecule has 96 valence electrons. The second-order valence-corrected chi connectivity index (χ2v) is 4.43. The van der Waals surface area contributed by atoms with Crippen molar-refractivity contribution in [2.75, 3.05) is 6.54 Å². The van der Waals surface area contributed by atoms with Crippen LogP contribution in [0, 0.1) is 6.92 Å². The summed E-state index contributed by atoms with van der Waals surface area (Å²) in [5, 5.41) is 7.73. The van der Waals surface area contributed by atoms with Crippen molar-refractivity contribution < 1.29 is 0 Å². The number of aromatic nitrogens is 2. The van der Waals surface area contributed by atoms with E-state index in [2.05, 4.69) is 24.3 Å². The van der Waals surface area contributed by atoms with Crippen molar-refractivity contribution in [2.45, 2.75) is 52.6 Å². The highest BCUT2D eigenvalue weighted by molar-refractivity contribution is 4.97. The van der Waals surface area contributed by atoms with E-state index < -0.39 is 0 Å². The molecule has 4 heteroatoms. The van der Waals surface area contributed by atoms with Gasteiger partial charge in [-0.25, -0.2) is 4.68 Å². The van der Waals surface area contributed by atoms with Crippen molar-refractivity contribution in [3.8, 4) is 0 Å². The average molecular weight is 237 g/mol. The molecule has 1 unspecified atom stereocenters. The minimum atomic E-state index is -0.0185. The molecule has 1 atom stereocenters. The quantitative estimate of drug-likeness (QED) is 0.785. The molecule has 0 aliphatic rings. The Balaban J connectivity index is 2.70. The Kier molecular flexibility index (Phi) is 5.91. The smallest absolute Gasteiger partial charge is 0.266 e. The van der Waals surface area contributed by atoms with Crippen molar-refractivity contribution in [1.82, 2.24) is 15.1 Å². The highest BCUT2D eigenvalue weighted by Gasteiger charge is 2.09. The van der Waals surface area contributed by atoms with Gasteiger partial charge in [0.1, 0.15) is 0 Å². The number of hydrogen-bond acceptors (Lipinski definition) is 3. The number of nitrogens with zero attached hydrogens (tertiary/aromatic N) is 2. The molecule has 0 radical (unpaired) electrons. The number of rotatable bonds is 7. The summed E-state index contributed by atoms with van der Waals surface area (Å²) >= 11 is 0. The van der Waals surface area contributed by atoms with Crippen LogP contribution < -0.4 is 10.9 Å². The Morgan fingerprint density at radius 3 is 2.76 bits per heavy atom. The van der Waals surface area contributed by atoms with Crippen LogP contribution in [0.3, 0.4) is 0 Å². The van der Waals surface area contributed by atoms with Crippen LogP contribution in [-0.4, -0.2) is 22.4 Å². The average Bonchev–Trinajstić information content (AvgIpc) is 2.31. The summed E-state index contributed by atoms with van der Waals surface area (Å²) in [6.07, 6.45) is 3.29. The van der Waals surface area contributed by atoms with Gasteiger partial charge in [0.25, 0.3) is 5.56 Å². The Morgan fingerprint density at radius 2 is 2.12 bits per heavy atom. The van der Waals surface area contributed by atoms with Gasteiger partial charge in [0.15, 0.2) is 0 Å². The van der Waals surface area contributed by atoms with E-state index in [0.29, 0.717) is 12.6 Å². The topological polar surface area (TPSA) is 46.9 Å². The van der Waals surface area contributed by atoms with Crippen molar-refractivity contribution in [3.05, 3.63) is 28.2 Å². The van der Waals surface area contributed by atoms with Gasteiger partial charge in [-0.15, -0.1) is 0 Å². The van der Waals surface area contributed by atoms with Gasteiger partial charge in [-0.05, 0) is 32.4 Å². The van der Waals surface area contributed by atoms with Crippen LogP contribution in [0.5, 0.6) is 0 Å². The molecule has 0 aromatic carbocycles. The van der Waals surface area contributed by atoms with Gasteiger partial charge in [-0.2, -0.15) is 5.10 Å². The Morgan fingerprint density at radius 1 is 1.35 bits per heavy atom. The van der Waals surface area contributed by atoms with Gasteiger partial charge >= 0.3 is 0 Å². The maximum atomic E-state index is 11.7. The van der Waals surface area contributed by atoms with Crippen molar-refractivity contribution in [2.24, 2.45) is 0 Å². The second-order valence-electron chi connectivity index (χ2n) is 4.43. The van der Waals surface area contributed by atoms with E-state index in [1.807, 2.05) is 6.92 Å². The zero-order chi connectivity index (χ0) is 12.7. The molecule has 1 rings (SSSR count). The zero-order valence-electron chi connectivity index (χ0n) is 11.1. The molecule has 0 spiro atoms. The highest BCUT2D eigenvalue weighted by atomic mass is 16.1. The lowest BCUT2D eigenvalue weighted by Crippen LogP contribution is -2.38. The molecule has 1 N–H and O–H groups in total. The molecule has 1 aromatic rings. The first-order valence-electron chi connectivity index (χ1n) is 6.45. The lowest BCUT2D eigenvalue weighted by Gasteiger charge is -2.18. The molecule has 0 saturated carbocycles. The number of aryl methyl sites for hydroxylation is 1. The van der Waals surface area contributed by atoms with Crippen LogP contribution in [0.15, 0.2) is 16.9 Å². The van der Waals surface area contributed by atoms with Crippen LogP contribution in [0.2, 0.25) is 0 Å². The Labute approximate surface area is 103 Å². The summed E-state index contributed by atoms with van der Waals surface area (Å²) in [5.41, 5.74) is 0.866. The second kappa shape index (κ2) is 7.22. The molecular weight excluding hydrogens is 214 g/mol. The largest absolute Gasteiger partial charge is 0.312 e. The van der Waals surface area contributed by atoms with Crippen molar-refractivity contribution >= 4 is 0 Å². The monoisotopic (exact) mass is 237 g/mol. The molecular formula is C13H23N3O. The van der Waals surface area contributed by atoms with Gasteiger partial charge in [0.05, 0.1) is 12.2 Å². The fraction of sp³-hybridized carbons (Fsp3) is 0.692.